The van der Waals surface area contributed by atoms with Crippen LogP contribution in [0.3, 0.4) is 0 Å². The summed E-state index contributed by atoms with van der Waals surface area (Å²) in [6, 6.07) is 0. The van der Waals surface area contributed by atoms with E-state index in [2.05, 4.69) is 11.5 Å². The van der Waals surface area contributed by atoms with Crippen LogP contribution < -0.4 is 0 Å². The van der Waals surface area contributed by atoms with Gasteiger partial charge in [0.15, 0.2) is 5.78 Å². The lowest BCUT2D eigenvalue weighted by Crippen LogP contribution is -2.29. The Kier molecular flexibility index (Phi) is 3.10. The molecule has 1 aliphatic carbocycles. The summed E-state index contributed by atoms with van der Waals surface area (Å²) in [5.41, 5.74) is 2.74. The Morgan fingerprint density at radius 1 is 1.50 bits per heavy atom. The van der Waals surface area contributed by atoms with Crippen molar-refractivity contribution in [1.82, 2.24) is 0 Å². The van der Waals surface area contributed by atoms with Crippen molar-refractivity contribution < 1.29 is 4.79 Å². The molecule has 12 heavy (non-hydrogen) atoms. The summed E-state index contributed by atoms with van der Waals surface area (Å²) in [5.74, 6) is 3.46. The molecule has 1 fully saturated rings. The fraction of sp³-hybridized carbons (Fsp3) is 0.700. The SMILES string of the molecule is C[Si+]C#C[C@@]1(C)CCCCC1=O. The average molecular weight is 178 g/mol. The van der Waals surface area contributed by atoms with E-state index in [1.54, 1.807) is 0 Å². The van der Waals surface area contributed by atoms with Gasteiger partial charge in [-0.3, -0.25) is 4.79 Å². The largest absolute Gasteiger partial charge is 0.581 e. The van der Waals surface area contributed by atoms with Crippen LogP contribution in [-0.2, 0) is 4.79 Å². The number of hydrogen-bond donors (Lipinski definition) is 0. The van der Waals surface area contributed by atoms with E-state index in [9.17, 15) is 4.79 Å². The van der Waals surface area contributed by atoms with Gasteiger partial charge in [0.25, 0.3) is 0 Å². The van der Waals surface area contributed by atoms with Gasteiger partial charge < -0.3 is 0 Å². The Hall–Kier alpha value is -0.553. The number of rotatable bonds is 0. The lowest BCUT2D eigenvalue weighted by Gasteiger charge is -2.25. The number of ketones is 1. The Balaban J connectivity index is 2.72. The molecule has 0 aliphatic heterocycles. The van der Waals surface area contributed by atoms with Crippen molar-refractivity contribution in [1.29, 1.82) is 0 Å². The van der Waals surface area contributed by atoms with E-state index in [1.165, 1.54) is 0 Å². The predicted octanol–water partition coefficient (Wildman–Crippen LogP) is 1.85. The first kappa shape index (κ1) is 9.53. The van der Waals surface area contributed by atoms with Crippen LogP contribution in [0.4, 0.5) is 0 Å². The fourth-order valence-electron chi connectivity index (χ4n) is 1.51. The average Bonchev–Trinajstić information content (AvgIpc) is 2.07. The molecule has 1 atom stereocenters. The van der Waals surface area contributed by atoms with E-state index >= 15 is 0 Å². The minimum absolute atomic E-state index is 0.304. The molecule has 2 heteroatoms. The third kappa shape index (κ3) is 1.98. The van der Waals surface area contributed by atoms with Gasteiger partial charge in [-0.15, -0.1) is 0 Å². The molecule has 0 amide bonds. The van der Waals surface area contributed by atoms with Gasteiger partial charge >= 0.3 is 9.52 Å². The predicted molar refractivity (Wildman–Crippen MR) is 51.0 cm³/mol. The van der Waals surface area contributed by atoms with E-state index in [1.807, 2.05) is 13.5 Å². The lowest BCUT2D eigenvalue weighted by molar-refractivity contribution is -0.127. The van der Waals surface area contributed by atoms with E-state index in [0.717, 1.165) is 25.7 Å². The van der Waals surface area contributed by atoms with Crippen LogP contribution in [-0.4, -0.2) is 15.3 Å². The van der Waals surface area contributed by atoms with Crippen LogP contribution in [0.1, 0.15) is 32.6 Å². The first-order valence-corrected chi connectivity index (χ1v) is 5.91. The highest BCUT2D eigenvalue weighted by Crippen LogP contribution is 2.31. The smallest absolute Gasteiger partial charge is 0.298 e. The molecule has 0 aromatic rings. The second-order valence-corrected chi connectivity index (χ2v) is 4.21. The van der Waals surface area contributed by atoms with Crippen molar-refractivity contribution in [2.24, 2.45) is 5.41 Å². The molecule has 1 radical (unpaired) electrons. The molecule has 1 aliphatic rings. The maximum Gasteiger partial charge on any atom is 0.581 e. The van der Waals surface area contributed by atoms with Gasteiger partial charge in [0.2, 0.25) is 0 Å². The van der Waals surface area contributed by atoms with Crippen molar-refractivity contribution in [3.05, 3.63) is 0 Å². The molecule has 1 rings (SSSR count). The highest BCUT2D eigenvalue weighted by atomic mass is 28.2. The molecule has 0 spiro atoms. The number of carbonyl (C=O) groups excluding carboxylic acids is 1. The van der Waals surface area contributed by atoms with Crippen LogP contribution in [0.25, 0.3) is 0 Å². The zero-order valence-electron chi connectivity index (χ0n) is 7.74. The van der Waals surface area contributed by atoms with Crippen molar-refractivity contribution in [3.8, 4) is 11.5 Å². The van der Waals surface area contributed by atoms with Gasteiger partial charge in [-0.05, 0) is 19.8 Å². The molecular weight excluding hydrogens is 164 g/mol. The number of Topliss-reactive ketones (excluding diaryl/α,β-unsaturated/α-hetero) is 1. The zero-order chi connectivity index (χ0) is 9.03. The summed E-state index contributed by atoms with van der Waals surface area (Å²) >= 11 is 0. The Bertz CT molecular complexity index is 236. The molecule has 0 saturated heterocycles. The number of hydrogen-bond acceptors (Lipinski definition) is 1. The molecule has 63 valence electrons. The molecule has 0 unspecified atom stereocenters. The molecule has 0 aromatic heterocycles. The number of carbonyl (C=O) groups is 1. The quantitative estimate of drug-likeness (QED) is 0.409. The van der Waals surface area contributed by atoms with Gasteiger partial charge in [0.1, 0.15) is 5.54 Å². The fourth-order valence-corrected chi connectivity index (χ4v) is 1.91. The maximum absolute atomic E-state index is 11.5. The highest BCUT2D eigenvalue weighted by Gasteiger charge is 2.33. The van der Waals surface area contributed by atoms with Crippen LogP contribution in [0.15, 0.2) is 0 Å². The second kappa shape index (κ2) is 3.91. The van der Waals surface area contributed by atoms with E-state index in [0.29, 0.717) is 15.3 Å². The van der Waals surface area contributed by atoms with Gasteiger partial charge in [-0.25, -0.2) is 0 Å². The first-order chi connectivity index (χ1) is 5.69. The monoisotopic (exact) mass is 178 g/mol. The zero-order valence-corrected chi connectivity index (χ0v) is 8.74. The van der Waals surface area contributed by atoms with Crippen molar-refractivity contribution >= 4 is 15.3 Å². The standard InChI is InChI=1S/C10H14OSi/c1-10(7-8-12-2)6-4-3-5-9(10)11/h3-6H2,1-2H3/q+1/t10-/m1/s1. The Morgan fingerprint density at radius 2 is 2.25 bits per heavy atom. The van der Waals surface area contributed by atoms with Crippen LogP contribution in [0.5, 0.6) is 0 Å². The third-order valence-corrected chi connectivity index (χ3v) is 2.78. The Labute approximate surface area is 76.8 Å². The normalized spacial score (nSPS) is 29.0. The van der Waals surface area contributed by atoms with Crippen LogP contribution >= 0.6 is 0 Å². The molecular formula is C10H14OSi+. The Morgan fingerprint density at radius 3 is 2.83 bits per heavy atom. The van der Waals surface area contributed by atoms with Gasteiger partial charge in [-0.1, -0.05) is 12.3 Å². The third-order valence-electron chi connectivity index (χ3n) is 2.41. The van der Waals surface area contributed by atoms with Gasteiger partial charge in [0, 0.05) is 6.42 Å². The lowest BCUT2D eigenvalue weighted by atomic mass is 9.75. The van der Waals surface area contributed by atoms with E-state index in [4.69, 9.17) is 0 Å². The van der Waals surface area contributed by atoms with E-state index in [-0.39, 0.29) is 5.41 Å². The van der Waals surface area contributed by atoms with Crippen molar-refractivity contribution in [2.45, 2.75) is 39.2 Å². The second-order valence-electron chi connectivity index (χ2n) is 3.46. The molecule has 0 bridgehead atoms. The van der Waals surface area contributed by atoms with Crippen molar-refractivity contribution in [2.75, 3.05) is 0 Å². The molecule has 0 N–H and O–H groups in total. The summed E-state index contributed by atoms with van der Waals surface area (Å²) in [6.07, 6.45) is 3.91. The summed E-state index contributed by atoms with van der Waals surface area (Å²) in [4.78, 5) is 11.5. The van der Waals surface area contributed by atoms with Crippen molar-refractivity contribution in [3.63, 3.8) is 0 Å². The van der Waals surface area contributed by atoms with Gasteiger partial charge in [-0.2, -0.15) is 0 Å². The first-order valence-electron chi connectivity index (χ1n) is 4.41. The molecule has 0 heterocycles. The van der Waals surface area contributed by atoms with Crippen LogP contribution in [0, 0.1) is 16.9 Å². The molecule has 0 aromatic carbocycles. The summed E-state index contributed by atoms with van der Waals surface area (Å²) < 4.78 is 0. The van der Waals surface area contributed by atoms with Gasteiger partial charge in [0.05, 0.1) is 12.0 Å². The molecule has 1 saturated carbocycles. The molecule has 1 nitrogen and oxygen atoms in total. The topological polar surface area (TPSA) is 17.1 Å². The van der Waals surface area contributed by atoms with Crippen LogP contribution in [0.2, 0.25) is 6.55 Å². The summed E-state index contributed by atoms with van der Waals surface area (Å²) in [5, 5.41) is 0. The minimum atomic E-state index is -0.304. The highest BCUT2D eigenvalue weighted by molar-refractivity contribution is 6.44. The summed E-state index contributed by atoms with van der Waals surface area (Å²) in [6.45, 7) is 4.03. The minimum Gasteiger partial charge on any atom is -0.298 e. The summed E-state index contributed by atoms with van der Waals surface area (Å²) in [7, 11) is 0.639. The van der Waals surface area contributed by atoms with E-state index < -0.39 is 0 Å². The maximum atomic E-state index is 11.5.